The summed E-state index contributed by atoms with van der Waals surface area (Å²) in [5.74, 6) is -0.594. The Morgan fingerprint density at radius 3 is 2.76 bits per heavy atom. The van der Waals surface area contributed by atoms with E-state index in [0.29, 0.717) is 5.75 Å². The third kappa shape index (κ3) is 3.10. The summed E-state index contributed by atoms with van der Waals surface area (Å²) in [6.45, 7) is 4.12. The van der Waals surface area contributed by atoms with Crippen molar-refractivity contribution in [3.05, 3.63) is 45.2 Å². The minimum Gasteiger partial charge on any atom is -0.486 e. The smallest absolute Gasteiger partial charge is 0.339 e. The molecule has 0 aliphatic heterocycles. The van der Waals surface area contributed by atoms with E-state index in [9.17, 15) is 9.90 Å². The maximum Gasteiger partial charge on any atom is 0.339 e. The highest BCUT2D eigenvalue weighted by molar-refractivity contribution is 9.10. The molecular weight excluding hydrogens is 336 g/mol. The van der Waals surface area contributed by atoms with E-state index in [1.807, 2.05) is 27.0 Å². The summed E-state index contributed by atoms with van der Waals surface area (Å²) in [6, 6.07) is 5.08. The molecular formula is C15H17BrN2O3. The van der Waals surface area contributed by atoms with E-state index < -0.39 is 5.97 Å². The predicted molar refractivity (Wildman–Crippen MR) is 82.8 cm³/mol. The standard InChI is InChI=1S/C15H17BrN2O3/c1-4-11-13(16)12(18(3)17-11)8-21-14-9(2)6-5-7-10(14)15(19)20/h5-7H,4,8H2,1-3H3,(H,19,20). The number of aromatic nitrogens is 2. The number of halogens is 1. The number of carboxylic acids is 1. The number of carbonyl (C=O) groups is 1. The molecule has 0 saturated heterocycles. The van der Waals surface area contributed by atoms with Crippen molar-refractivity contribution in [3.63, 3.8) is 0 Å². The molecule has 0 spiro atoms. The van der Waals surface area contributed by atoms with Crippen LogP contribution in [0.3, 0.4) is 0 Å². The second-order valence-corrected chi connectivity index (χ2v) is 5.52. The van der Waals surface area contributed by atoms with E-state index in [4.69, 9.17) is 4.74 Å². The van der Waals surface area contributed by atoms with Crippen molar-refractivity contribution in [2.45, 2.75) is 26.9 Å². The van der Waals surface area contributed by atoms with E-state index in [-0.39, 0.29) is 12.2 Å². The quantitative estimate of drug-likeness (QED) is 0.896. The molecule has 1 aromatic carbocycles. The molecule has 0 aliphatic rings. The Bertz CT molecular complexity index is 680. The Kier molecular flexibility index (Phi) is 4.67. The Labute approximate surface area is 131 Å². The summed E-state index contributed by atoms with van der Waals surface area (Å²) in [5, 5.41) is 13.6. The lowest BCUT2D eigenvalue weighted by atomic mass is 10.1. The van der Waals surface area contributed by atoms with Crippen LogP contribution in [0.5, 0.6) is 5.75 Å². The van der Waals surface area contributed by atoms with Crippen LogP contribution in [-0.4, -0.2) is 20.9 Å². The molecule has 6 heteroatoms. The molecule has 112 valence electrons. The number of benzene rings is 1. The monoisotopic (exact) mass is 352 g/mol. The first-order valence-corrected chi connectivity index (χ1v) is 7.41. The fourth-order valence-electron chi connectivity index (χ4n) is 2.13. The zero-order chi connectivity index (χ0) is 15.6. The summed E-state index contributed by atoms with van der Waals surface area (Å²) in [6.07, 6.45) is 0.819. The van der Waals surface area contributed by atoms with Gasteiger partial charge in [-0.05, 0) is 40.9 Å². The van der Waals surface area contributed by atoms with Gasteiger partial charge in [-0.25, -0.2) is 4.79 Å². The van der Waals surface area contributed by atoms with Crippen LogP contribution in [0, 0.1) is 6.92 Å². The van der Waals surface area contributed by atoms with Crippen molar-refractivity contribution < 1.29 is 14.6 Å². The minimum atomic E-state index is -0.994. The molecule has 1 N–H and O–H groups in total. The zero-order valence-corrected chi connectivity index (χ0v) is 13.8. The molecule has 21 heavy (non-hydrogen) atoms. The lowest BCUT2D eigenvalue weighted by Gasteiger charge is -2.12. The highest BCUT2D eigenvalue weighted by Crippen LogP contribution is 2.27. The van der Waals surface area contributed by atoms with E-state index in [1.165, 1.54) is 0 Å². The maximum atomic E-state index is 11.3. The van der Waals surface area contributed by atoms with Gasteiger partial charge in [-0.15, -0.1) is 0 Å². The summed E-state index contributed by atoms with van der Waals surface area (Å²) in [7, 11) is 1.85. The van der Waals surface area contributed by atoms with E-state index in [2.05, 4.69) is 21.0 Å². The van der Waals surface area contributed by atoms with E-state index >= 15 is 0 Å². The van der Waals surface area contributed by atoms with Gasteiger partial charge in [0.05, 0.1) is 15.9 Å². The summed E-state index contributed by atoms with van der Waals surface area (Å²) < 4.78 is 8.43. The second kappa shape index (κ2) is 6.30. The molecule has 0 fully saturated rings. The van der Waals surface area contributed by atoms with E-state index in [1.54, 1.807) is 16.8 Å². The SMILES string of the molecule is CCc1nn(C)c(COc2c(C)cccc2C(=O)O)c1Br. The number of para-hydroxylation sites is 1. The molecule has 0 atom stereocenters. The highest BCUT2D eigenvalue weighted by atomic mass is 79.9. The number of carboxylic acid groups (broad SMARTS) is 1. The lowest BCUT2D eigenvalue weighted by Crippen LogP contribution is -2.08. The third-order valence-electron chi connectivity index (χ3n) is 3.30. The van der Waals surface area contributed by atoms with E-state index in [0.717, 1.165) is 27.8 Å². The zero-order valence-electron chi connectivity index (χ0n) is 12.2. The average molecular weight is 353 g/mol. The van der Waals surface area contributed by atoms with Crippen molar-refractivity contribution in [2.75, 3.05) is 0 Å². The maximum absolute atomic E-state index is 11.3. The second-order valence-electron chi connectivity index (χ2n) is 4.73. The van der Waals surface area contributed by atoms with Crippen LogP contribution < -0.4 is 4.74 Å². The van der Waals surface area contributed by atoms with Gasteiger partial charge in [0.25, 0.3) is 0 Å². The van der Waals surface area contributed by atoms with Crippen LogP contribution in [0.15, 0.2) is 22.7 Å². The molecule has 1 heterocycles. The summed E-state index contributed by atoms with van der Waals surface area (Å²) in [5.41, 5.74) is 2.80. The molecule has 2 rings (SSSR count). The number of hydrogen-bond donors (Lipinski definition) is 1. The molecule has 2 aromatic rings. The van der Waals surface area contributed by atoms with Crippen LogP contribution in [0.1, 0.15) is 34.2 Å². The fraction of sp³-hybridized carbons (Fsp3) is 0.333. The van der Waals surface area contributed by atoms with Gasteiger partial charge >= 0.3 is 5.97 Å². The Hall–Kier alpha value is -1.82. The molecule has 0 radical (unpaired) electrons. The number of nitrogens with zero attached hydrogens (tertiary/aromatic N) is 2. The highest BCUT2D eigenvalue weighted by Gasteiger charge is 2.17. The number of aromatic carboxylic acids is 1. The van der Waals surface area contributed by atoms with Gasteiger partial charge in [0.15, 0.2) is 0 Å². The fourth-order valence-corrected chi connectivity index (χ4v) is 2.86. The Morgan fingerprint density at radius 1 is 1.48 bits per heavy atom. The van der Waals surface area contributed by atoms with Gasteiger partial charge < -0.3 is 9.84 Å². The largest absolute Gasteiger partial charge is 0.486 e. The van der Waals surface area contributed by atoms with Gasteiger partial charge in [-0.2, -0.15) is 5.10 Å². The number of aryl methyl sites for hydroxylation is 3. The first kappa shape index (κ1) is 15.6. The number of hydrogen-bond acceptors (Lipinski definition) is 3. The van der Waals surface area contributed by atoms with Crippen LogP contribution in [0.4, 0.5) is 0 Å². The molecule has 5 nitrogen and oxygen atoms in total. The molecule has 0 aliphatic carbocycles. The van der Waals surface area contributed by atoms with Crippen LogP contribution in [0.25, 0.3) is 0 Å². The Morgan fingerprint density at radius 2 is 2.19 bits per heavy atom. The number of ether oxygens (including phenoxy) is 1. The molecule has 0 saturated carbocycles. The first-order chi connectivity index (χ1) is 9.95. The predicted octanol–water partition coefficient (Wildman–Crippen LogP) is 3.33. The Balaban J connectivity index is 2.29. The van der Waals surface area contributed by atoms with Gasteiger partial charge in [0.1, 0.15) is 17.9 Å². The summed E-state index contributed by atoms with van der Waals surface area (Å²) in [4.78, 5) is 11.3. The van der Waals surface area contributed by atoms with Crippen molar-refractivity contribution in [1.29, 1.82) is 0 Å². The van der Waals surface area contributed by atoms with Crippen molar-refractivity contribution >= 4 is 21.9 Å². The molecule has 1 aromatic heterocycles. The van der Waals surface area contributed by atoms with Crippen LogP contribution >= 0.6 is 15.9 Å². The van der Waals surface area contributed by atoms with Crippen molar-refractivity contribution in [2.24, 2.45) is 7.05 Å². The van der Waals surface area contributed by atoms with Crippen LogP contribution in [0.2, 0.25) is 0 Å². The molecule has 0 amide bonds. The topological polar surface area (TPSA) is 64.4 Å². The molecule has 0 unspecified atom stereocenters. The van der Waals surface area contributed by atoms with Gasteiger partial charge in [0, 0.05) is 7.05 Å². The van der Waals surface area contributed by atoms with Gasteiger partial charge in [-0.3, -0.25) is 4.68 Å². The average Bonchev–Trinajstić information content (AvgIpc) is 2.72. The summed E-state index contributed by atoms with van der Waals surface area (Å²) >= 11 is 3.52. The van der Waals surface area contributed by atoms with Crippen molar-refractivity contribution in [1.82, 2.24) is 9.78 Å². The van der Waals surface area contributed by atoms with Crippen LogP contribution in [-0.2, 0) is 20.1 Å². The minimum absolute atomic E-state index is 0.170. The molecule has 0 bridgehead atoms. The normalized spacial score (nSPS) is 10.7. The van der Waals surface area contributed by atoms with Gasteiger partial charge in [0.2, 0.25) is 0 Å². The number of rotatable bonds is 5. The first-order valence-electron chi connectivity index (χ1n) is 6.61. The third-order valence-corrected chi connectivity index (χ3v) is 4.21. The van der Waals surface area contributed by atoms with Crippen molar-refractivity contribution in [3.8, 4) is 5.75 Å². The lowest BCUT2D eigenvalue weighted by molar-refractivity contribution is 0.0691. The van der Waals surface area contributed by atoms with Gasteiger partial charge in [-0.1, -0.05) is 19.1 Å².